The molecule has 0 aromatic heterocycles. The highest BCUT2D eigenvalue weighted by atomic mass is 35.5. The number of aryl methyl sites for hydroxylation is 1. The van der Waals surface area contributed by atoms with Gasteiger partial charge in [0.15, 0.2) is 0 Å². The van der Waals surface area contributed by atoms with Gasteiger partial charge in [0.2, 0.25) is 0 Å². The molecule has 0 aliphatic carbocycles. The summed E-state index contributed by atoms with van der Waals surface area (Å²) >= 11 is 5.97. The van der Waals surface area contributed by atoms with Gasteiger partial charge in [-0.1, -0.05) is 11.6 Å². The van der Waals surface area contributed by atoms with Crippen molar-refractivity contribution in [3.63, 3.8) is 0 Å². The third kappa shape index (κ3) is 5.02. The number of anilines is 1. The summed E-state index contributed by atoms with van der Waals surface area (Å²) in [6.45, 7) is 6.75. The molecule has 0 amide bonds. The first-order valence-electron chi connectivity index (χ1n) is 8.20. The Morgan fingerprint density at radius 1 is 1.11 bits per heavy atom. The lowest BCUT2D eigenvalue weighted by Gasteiger charge is -2.18. The fraction of sp³-hybridized carbons (Fsp3) is 0.263. The van der Waals surface area contributed by atoms with Gasteiger partial charge in [0.05, 0.1) is 26.6 Å². The highest BCUT2D eigenvalue weighted by molar-refractivity contribution is 7.92. The van der Waals surface area contributed by atoms with E-state index >= 15 is 0 Å². The van der Waals surface area contributed by atoms with Gasteiger partial charge in [-0.15, -0.1) is 0 Å². The van der Waals surface area contributed by atoms with E-state index in [-0.39, 0.29) is 26.9 Å². The Kier molecular flexibility index (Phi) is 6.06. The predicted octanol–water partition coefficient (Wildman–Crippen LogP) is 4.10. The molecule has 0 aliphatic rings. The number of hydrogen-bond acceptors (Lipinski definition) is 5. The van der Waals surface area contributed by atoms with Crippen molar-refractivity contribution >= 4 is 39.3 Å². The lowest BCUT2D eigenvalue weighted by Crippen LogP contribution is -2.25. The minimum atomic E-state index is -4.04. The van der Waals surface area contributed by atoms with Crippen LogP contribution in [0.15, 0.2) is 41.3 Å². The van der Waals surface area contributed by atoms with Gasteiger partial charge < -0.3 is 9.84 Å². The molecule has 0 saturated carbocycles. The average Bonchev–Trinajstić information content (AvgIpc) is 2.57. The summed E-state index contributed by atoms with van der Waals surface area (Å²) in [4.78, 5) is 23.0. The van der Waals surface area contributed by atoms with Gasteiger partial charge in [-0.3, -0.25) is 9.52 Å². The first-order valence-corrected chi connectivity index (χ1v) is 10.1. The van der Waals surface area contributed by atoms with Gasteiger partial charge in [0.25, 0.3) is 10.0 Å². The fourth-order valence-corrected chi connectivity index (χ4v) is 3.47. The summed E-state index contributed by atoms with van der Waals surface area (Å²) in [6, 6.07) is 7.73. The summed E-state index contributed by atoms with van der Waals surface area (Å²) in [5.41, 5.74) is -0.416. The number of rotatable bonds is 5. The minimum absolute atomic E-state index is 0.0533. The second-order valence-corrected chi connectivity index (χ2v) is 9.26. The molecule has 0 radical (unpaired) electrons. The van der Waals surface area contributed by atoms with E-state index in [1.807, 2.05) is 0 Å². The van der Waals surface area contributed by atoms with Gasteiger partial charge in [-0.25, -0.2) is 13.2 Å². The first kappa shape index (κ1) is 21.7. The van der Waals surface area contributed by atoms with Crippen LogP contribution in [0.25, 0.3) is 0 Å². The zero-order valence-electron chi connectivity index (χ0n) is 15.7. The van der Waals surface area contributed by atoms with Gasteiger partial charge >= 0.3 is 11.9 Å². The number of carbonyl (C=O) groups excluding carboxylic acids is 1. The topological polar surface area (TPSA) is 110 Å². The Labute approximate surface area is 168 Å². The van der Waals surface area contributed by atoms with E-state index in [2.05, 4.69) is 4.72 Å². The number of carboxylic acids is 1. The van der Waals surface area contributed by atoms with E-state index in [1.165, 1.54) is 30.3 Å². The van der Waals surface area contributed by atoms with Crippen molar-refractivity contribution in [1.82, 2.24) is 0 Å². The van der Waals surface area contributed by atoms with Gasteiger partial charge in [0.1, 0.15) is 5.75 Å². The number of carbonyl (C=O) groups is 2. The molecule has 0 saturated heterocycles. The molecule has 0 atom stereocenters. The van der Waals surface area contributed by atoms with Crippen LogP contribution >= 0.6 is 11.6 Å². The molecule has 0 bridgehead atoms. The molecule has 28 heavy (non-hydrogen) atoms. The highest BCUT2D eigenvalue weighted by Crippen LogP contribution is 2.29. The number of aromatic carboxylic acids is 1. The molecule has 9 heteroatoms. The Bertz CT molecular complexity index is 1040. The summed E-state index contributed by atoms with van der Waals surface area (Å²) in [7, 11) is -4.04. The van der Waals surface area contributed by atoms with E-state index in [0.29, 0.717) is 5.56 Å². The van der Waals surface area contributed by atoms with Gasteiger partial charge in [0, 0.05) is 0 Å². The highest BCUT2D eigenvalue weighted by Gasteiger charge is 2.25. The van der Waals surface area contributed by atoms with Crippen LogP contribution in [0.1, 0.15) is 36.7 Å². The standard InChI is InChI=1S/C19H20ClNO6S/c1-11-9-13(6-8-16(11)27-18(24)19(2,3)4)28(25,26)21-15-10-12(17(22)23)5-7-14(15)20/h5-10,21H,1-4H3,(H,22,23). The molecule has 2 N–H and O–H groups in total. The van der Waals surface area contributed by atoms with Crippen molar-refractivity contribution in [1.29, 1.82) is 0 Å². The predicted molar refractivity (Wildman–Crippen MR) is 105 cm³/mol. The molecule has 2 aromatic carbocycles. The second kappa shape index (κ2) is 7.81. The Hall–Kier alpha value is -2.58. The molecular formula is C19H20ClNO6S. The molecule has 2 rings (SSSR count). The van der Waals surface area contributed by atoms with E-state index < -0.39 is 27.4 Å². The van der Waals surface area contributed by atoms with E-state index in [4.69, 9.17) is 21.4 Å². The molecule has 7 nitrogen and oxygen atoms in total. The maximum absolute atomic E-state index is 12.7. The summed E-state index contributed by atoms with van der Waals surface area (Å²) in [6.07, 6.45) is 0. The van der Waals surface area contributed by atoms with Crippen LogP contribution in [0.4, 0.5) is 5.69 Å². The van der Waals surface area contributed by atoms with Gasteiger partial charge in [-0.2, -0.15) is 0 Å². The van der Waals surface area contributed by atoms with Gasteiger partial charge in [-0.05, 0) is 69.7 Å². The van der Waals surface area contributed by atoms with Crippen molar-refractivity contribution in [3.05, 3.63) is 52.5 Å². The maximum Gasteiger partial charge on any atom is 0.335 e. The summed E-state index contributed by atoms with van der Waals surface area (Å²) in [5.74, 6) is -1.40. The zero-order valence-corrected chi connectivity index (χ0v) is 17.3. The van der Waals surface area contributed by atoms with Crippen molar-refractivity contribution in [3.8, 4) is 5.75 Å². The molecule has 0 spiro atoms. The fourth-order valence-electron chi connectivity index (χ4n) is 2.10. The minimum Gasteiger partial charge on any atom is -0.478 e. The van der Waals surface area contributed by atoms with Crippen molar-refractivity contribution in [2.24, 2.45) is 5.41 Å². The SMILES string of the molecule is Cc1cc(S(=O)(=O)Nc2cc(C(=O)O)ccc2Cl)ccc1OC(=O)C(C)(C)C. The number of nitrogens with one attached hydrogen (secondary N) is 1. The van der Waals surface area contributed by atoms with Crippen LogP contribution in [-0.2, 0) is 14.8 Å². The van der Waals surface area contributed by atoms with Crippen molar-refractivity contribution in [2.45, 2.75) is 32.6 Å². The van der Waals surface area contributed by atoms with E-state index in [0.717, 1.165) is 6.07 Å². The van der Waals surface area contributed by atoms with Crippen LogP contribution < -0.4 is 9.46 Å². The van der Waals surface area contributed by atoms with Crippen LogP contribution in [0, 0.1) is 12.3 Å². The molecule has 150 valence electrons. The number of carboxylic acid groups (broad SMARTS) is 1. The third-order valence-corrected chi connectivity index (χ3v) is 5.42. The van der Waals surface area contributed by atoms with Crippen LogP contribution in [0.3, 0.4) is 0 Å². The van der Waals surface area contributed by atoms with Crippen LogP contribution in [0.2, 0.25) is 5.02 Å². The molecule has 2 aromatic rings. The van der Waals surface area contributed by atoms with Crippen molar-refractivity contribution in [2.75, 3.05) is 4.72 Å². The number of benzene rings is 2. The summed E-state index contributed by atoms with van der Waals surface area (Å²) < 4.78 is 32.9. The van der Waals surface area contributed by atoms with Crippen LogP contribution in [0.5, 0.6) is 5.75 Å². The lowest BCUT2D eigenvalue weighted by atomic mass is 9.97. The molecule has 0 unspecified atom stereocenters. The third-order valence-electron chi connectivity index (χ3n) is 3.73. The Morgan fingerprint density at radius 2 is 1.75 bits per heavy atom. The largest absolute Gasteiger partial charge is 0.478 e. The Balaban J connectivity index is 2.32. The van der Waals surface area contributed by atoms with E-state index in [9.17, 15) is 18.0 Å². The number of halogens is 1. The monoisotopic (exact) mass is 425 g/mol. The zero-order chi connectivity index (χ0) is 21.3. The molecule has 0 fully saturated rings. The quantitative estimate of drug-likeness (QED) is 0.551. The van der Waals surface area contributed by atoms with Crippen LogP contribution in [-0.4, -0.2) is 25.5 Å². The second-order valence-electron chi connectivity index (χ2n) is 7.17. The lowest BCUT2D eigenvalue weighted by molar-refractivity contribution is -0.143. The number of sulfonamides is 1. The first-order chi connectivity index (χ1) is 12.8. The molecular weight excluding hydrogens is 406 g/mol. The maximum atomic E-state index is 12.7. The average molecular weight is 426 g/mol. The van der Waals surface area contributed by atoms with Crippen molar-refractivity contribution < 1.29 is 27.9 Å². The number of hydrogen-bond donors (Lipinski definition) is 2. The van der Waals surface area contributed by atoms with E-state index in [1.54, 1.807) is 27.7 Å². The molecule has 0 aliphatic heterocycles. The Morgan fingerprint density at radius 3 is 2.29 bits per heavy atom. The normalized spacial score (nSPS) is 11.8. The molecule has 0 heterocycles. The smallest absolute Gasteiger partial charge is 0.335 e. The summed E-state index contributed by atoms with van der Waals surface area (Å²) in [5, 5.41) is 9.11. The number of ether oxygens (including phenoxy) is 1. The number of esters is 1.